The van der Waals surface area contributed by atoms with Gasteiger partial charge < -0.3 is 15.0 Å². The summed E-state index contributed by atoms with van der Waals surface area (Å²) in [6.45, 7) is 9.89. The van der Waals surface area contributed by atoms with E-state index in [9.17, 15) is 9.59 Å². The maximum absolute atomic E-state index is 13.1. The summed E-state index contributed by atoms with van der Waals surface area (Å²) >= 11 is 3.47. The summed E-state index contributed by atoms with van der Waals surface area (Å²) in [5.41, 5.74) is 3.05. The molecule has 6 heteroatoms. The Labute approximate surface area is 187 Å². The largest absolute Gasteiger partial charge is 0.483 e. The first kappa shape index (κ1) is 23.9. The van der Waals surface area contributed by atoms with Gasteiger partial charge in [-0.1, -0.05) is 47.1 Å². The van der Waals surface area contributed by atoms with Crippen LogP contribution in [0.2, 0.25) is 0 Å². The van der Waals surface area contributed by atoms with Gasteiger partial charge in [-0.3, -0.25) is 9.59 Å². The van der Waals surface area contributed by atoms with Crippen molar-refractivity contribution in [2.24, 2.45) is 0 Å². The van der Waals surface area contributed by atoms with E-state index in [1.165, 1.54) is 0 Å². The third-order valence-electron chi connectivity index (χ3n) is 5.32. The minimum atomic E-state index is -0.618. The quantitative estimate of drug-likeness (QED) is 0.568. The number of hydrogen-bond acceptors (Lipinski definition) is 3. The lowest BCUT2D eigenvalue weighted by Crippen LogP contribution is -2.50. The maximum Gasteiger partial charge on any atom is 0.261 e. The number of aryl methyl sites for hydroxylation is 1. The number of carbonyl (C=O) groups excluding carboxylic acids is 2. The van der Waals surface area contributed by atoms with Crippen molar-refractivity contribution < 1.29 is 14.3 Å². The lowest BCUT2D eigenvalue weighted by molar-refractivity contribution is -0.142. The van der Waals surface area contributed by atoms with Gasteiger partial charge in [-0.25, -0.2) is 0 Å². The average Bonchev–Trinajstić information content (AvgIpc) is 2.72. The predicted octanol–water partition coefficient (Wildman–Crippen LogP) is 4.78. The fourth-order valence-electron chi connectivity index (χ4n) is 2.98. The number of hydrogen-bond donors (Lipinski definition) is 1. The second-order valence-corrected chi connectivity index (χ2v) is 8.55. The molecule has 1 N–H and O–H groups in total. The topological polar surface area (TPSA) is 58.6 Å². The Hall–Kier alpha value is -2.34. The van der Waals surface area contributed by atoms with Crippen LogP contribution in [0.25, 0.3) is 0 Å². The van der Waals surface area contributed by atoms with Crippen molar-refractivity contribution in [2.45, 2.75) is 59.7 Å². The van der Waals surface area contributed by atoms with E-state index in [0.717, 1.165) is 27.6 Å². The summed E-state index contributed by atoms with van der Waals surface area (Å²) in [6, 6.07) is 12.9. The normalized spacial score (nSPS) is 12.7. The van der Waals surface area contributed by atoms with Gasteiger partial charge in [0.15, 0.2) is 6.61 Å². The zero-order chi connectivity index (χ0) is 22.3. The molecule has 0 aromatic heterocycles. The summed E-state index contributed by atoms with van der Waals surface area (Å²) in [5, 5.41) is 2.97. The fraction of sp³-hybridized carbons (Fsp3) is 0.417. The van der Waals surface area contributed by atoms with E-state index in [1.807, 2.05) is 70.2 Å². The zero-order valence-electron chi connectivity index (χ0n) is 18.4. The molecule has 0 aliphatic rings. The number of rotatable bonds is 9. The van der Waals surface area contributed by atoms with Crippen molar-refractivity contribution in [3.8, 4) is 5.75 Å². The van der Waals surface area contributed by atoms with Crippen LogP contribution >= 0.6 is 15.9 Å². The van der Waals surface area contributed by atoms with Crippen LogP contribution in [0, 0.1) is 13.8 Å². The van der Waals surface area contributed by atoms with Crippen LogP contribution in [-0.4, -0.2) is 35.4 Å². The number of halogens is 1. The van der Waals surface area contributed by atoms with Crippen LogP contribution in [-0.2, 0) is 16.1 Å². The molecule has 2 aromatic rings. The molecule has 0 bridgehead atoms. The standard InChI is InChI=1S/C24H31BrN2O3/c1-6-17(3)26-24(29)19(5)27(14-20-10-8-11-21(25)13-20)23(28)15-30-22-12-7-9-16(2)18(22)4/h7-13,17,19H,6,14-15H2,1-5H3,(H,26,29)/t17-,19-/m1/s1. The van der Waals surface area contributed by atoms with Crippen molar-refractivity contribution in [3.63, 3.8) is 0 Å². The van der Waals surface area contributed by atoms with E-state index in [-0.39, 0.29) is 24.5 Å². The minimum absolute atomic E-state index is 0.0500. The van der Waals surface area contributed by atoms with Crippen LogP contribution in [0.15, 0.2) is 46.9 Å². The molecule has 0 radical (unpaired) electrons. The van der Waals surface area contributed by atoms with Gasteiger partial charge in [-0.05, 0) is 69.0 Å². The number of benzene rings is 2. The highest BCUT2D eigenvalue weighted by Gasteiger charge is 2.27. The van der Waals surface area contributed by atoms with Crippen molar-refractivity contribution in [1.29, 1.82) is 0 Å². The number of nitrogens with zero attached hydrogens (tertiary/aromatic N) is 1. The molecule has 0 aliphatic heterocycles. The lowest BCUT2D eigenvalue weighted by atomic mass is 10.1. The molecular formula is C24H31BrN2O3. The molecule has 0 unspecified atom stereocenters. The highest BCUT2D eigenvalue weighted by molar-refractivity contribution is 9.10. The van der Waals surface area contributed by atoms with Crippen LogP contribution in [0.1, 0.15) is 43.9 Å². The Balaban J connectivity index is 2.19. The summed E-state index contributed by atoms with van der Waals surface area (Å²) in [6.07, 6.45) is 0.827. The summed E-state index contributed by atoms with van der Waals surface area (Å²) in [4.78, 5) is 27.4. The Morgan fingerprint density at radius 1 is 1.13 bits per heavy atom. The Morgan fingerprint density at radius 2 is 1.83 bits per heavy atom. The van der Waals surface area contributed by atoms with Crippen LogP contribution < -0.4 is 10.1 Å². The molecule has 0 fully saturated rings. The molecule has 162 valence electrons. The Morgan fingerprint density at radius 3 is 2.50 bits per heavy atom. The van der Waals surface area contributed by atoms with E-state index in [2.05, 4.69) is 21.2 Å². The Bertz CT molecular complexity index is 885. The van der Waals surface area contributed by atoms with Gasteiger partial charge in [0.2, 0.25) is 5.91 Å². The number of carbonyl (C=O) groups is 2. The third-order valence-corrected chi connectivity index (χ3v) is 5.81. The fourth-order valence-corrected chi connectivity index (χ4v) is 3.43. The van der Waals surface area contributed by atoms with E-state index in [1.54, 1.807) is 11.8 Å². The highest BCUT2D eigenvalue weighted by Crippen LogP contribution is 2.21. The predicted molar refractivity (Wildman–Crippen MR) is 123 cm³/mol. The molecule has 2 aromatic carbocycles. The van der Waals surface area contributed by atoms with Gasteiger partial charge in [-0.2, -0.15) is 0 Å². The SMILES string of the molecule is CC[C@@H](C)NC(=O)[C@@H](C)N(Cc1cccc(Br)c1)C(=O)COc1cccc(C)c1C. The molecule has 2 rings (SSSR count). The van der Waals surface area contributed by atoms with Crippen molar-refractivity contribution in [2.75, 3.05) is 6.61 Å². The smallest absolute Gasteiger partial charge is 0.261 e. The minimum Gasteiger partial charge on any atom is -0.483 e. The van der Waals surface area contributed by atoms with Gasteiger partial charge in [0, 0.05) is 17.1 Å². The first-order chi connectivity index (χ1) is 14.2. The zero-order valence-corrected chi connectivity index (χ0v) is 20.0. The number of nitrogens with one attached hydrogen (secondary N) is 1. The molecule has 2 atom stereocenters. The Kier molecular flexibility index (Phi) is 8.90. The van der Waals surface area contributed by atoms with Gasteiger partial charge in [0.1, 0.15) is 11.8 Å². The molecule has 5 nitrogen and oxygen atoms in total. The maximum atomic E-state index is 13.1. The second kappa shape index (κ2) is 11.2. The molecule has 30 heavy (non-hydrogen) atoms. The van der Waals surface area contributed by atoms with Crippen molar-refractivity contribution in [3.05, 3.63) is 63.6 Å². The molecule has 0 aliphatic carbocycles. The van der Waals surface area contributed by atoms with Crippen LogP contribution in [0.5, 0.6) is 5.75 Å². The monoisotopic (exact) mass is 474 g/mol. The van der Waals surface area contributed by atoms with Gasteiger partial charge >= 0.3 is 0 Å². The second-order valence-electron chi connectivity index (χ2n) is 7.63. The molecule has 0 saturated carbocycles. The summed E-state index contributed by atoms with van der Waals surface area (Å²) < 4.78 is 6.75. The molecule has 2 amide bonds. The highest BCUT2D eigenvalue weighted by atomic mass is 79.9. The van der Waals surface area contributed by atoms with Crippen molar-refractivity contribution >= 4 is 27.7 Å². The van der Waals surface area contributed by atoms with Gasteiger partial charge in [-0.15, -0.1) is 0 Å². The first-order valence-electron chi connectivity index (χ1n) is 10.3. The van der Waals surface area contributed by atoms with Gasteiger partial charge in [0.25, 0.3) is 5.91 Å². The lowest BCUT2D eigenvalue weighted by Gasteiger charge is -2.29. The van der Waals surface area contributed by atoms with Gasteiger partial charge in [0.05, 0.1) is 0 Å². The molecular weight excluding hydrogens is 444 g/mol. The summed E-state index contributed by atoms with van der Waals surface area (Å²) in [7, 11) is 0. The van der Waals surface area contributed by atoms with E-state index < -0.39 is 6.04 Å². The van der Waals surface area contributed by atoms with Crippen LogP contribution in [0.4, 0.5) is 0 Å². The molecule has 0 saturated heterocycles. The number of amides is 2. The van der Waals surface area contributed by atoms with E-state index in [4.69, 9.17) is 4.74 Å². The number of ether oxygens (including phenoxy) is 1. The first-order valence-corrected chi connectivity index (χ1v) is 11.1. The van der Waals surface area contributed by atoms with Crippen molar-refractivity contribution in [1.82, 2.24) is 10.2 Å². The molecule has 0 heterocycles. The summed E-state index contributed by atoms with van der Waals surface area (Å²) in [5.74, 6) is 0.282. The molecule has 0 spiro atoms. The van der Waals surface area contributed by atoms with E-state index >= 15 is 0 Å². The average molecular weight is 475 g/mol. The van der Waals surface area contributed by atoms with E-state index in [0.29, 0.717) is 12.3 Å². The van der Waals surface area contributed by atoms with Crippen LogP contribution in [0.3, 0.4) is 0 Å². The third kappa shape index (κ3) is 6.59.